The van der Waals surface area contributed by atoms with Crippen LogP contribution < -0.4 is 16.0 Å². The van der Waals surface area contributed by atoms with Crippen molar-refractivity contribution in [3.63, 3.8) is 0 Å². The van der Waals surface area contributed by atoms with Crippen LogP contribution in [0.1, 0.15) is 6.42 Å². The summed E-state index contributed by atoms with van der Waals surface area (Å²) in [6.07, 6.45) is 0.249. The Balaban J connectivity index is 1.78. The highest BCUT2D eigenvalue weighted by Gasteiger charge is 2.20. The zero-order valence-corrected chi connectivity index (χ0v) is 11.7. The molecule has 1 fully saturated rings. The number of benzene rings is 1. The zero-order valence-electron chi connectivity index (χ0n) is 11.7. The summed E-state index contributed by atoms with van der Waals surface area (Å²) in [6.45, 7) is 2.91. The Morgan fingerprint density at radius 1 is 1.14 bits per heavy atom. The highest BCUT2D eigenvalue weighted by atomic mass is 19.1. The number of hydrogen-bond acceptors (Lipinski definition) is 3. The minimum Gasteiger partial charge on any atom is -0.368 e. The maximum absolute atomic E-state index is 12.9. The third-order valence-electron chi connectivity index (χ3n) is 3.46. The topological polar surface area (TPSA) is 78.7 Å². The molecule has 3 amide bonds. The molecule has 0 spiro atoms. The molecule has 1 aliphatic rings. The van der Waals surface area contributed by atoms with Gasteiger partial charge in [0.1, 0.15) is 5.82 Å². The van der Waals surface area contributed by atoms with E-state index in [0.717, 1.165) is 5.69 Å². The first-order chi connectivity index (χ1) is 10.1. The molecule has 3 N–H and O–H groups in total. The number of rotatable bonds is 4. The predicted octanol–water partition coefficient (Wildman–Crippen LogP) is 0.533. The molecule has 1 heterocycles. The maximum Gasteiger partial charge on any atom is 0.312 e. The molecule has 0 saturated carbocycles. The van der Waals surface area contributed by atoms with Crippen LogP contribution >= 0.6 is 0 Å². The predicted molar refractivity (Wildman–Crippen MR) is 77.4 cm³/mol. The first kappa shape index (κ1) is 15.1. The SMILES string of the molecule is NC(=O)NCCC(=O)N1CCN(c2ccc(F)cc2)CC1. The molecular weight excluding hydrogens is 275 g/mol. The van der Waals surface area contributed by atoms with E-state index in [1.165, 1.54) is 12.1 Å². The van der Waals surface area contributed by atoms with E-state index in [1.54, 1.807) is 17.0 Å². The van der Waals surface area contributed by atoms with E-state index >= 15 is 0 Å². The molecule has 21 heavy (non-hydrogen) atoms. The van der Waals surface area contributed by atoms with Crippen molar-refractivity contribution < 1.29 is 14.0 Å². The average Bonchev–Trinajstić information content (AvgIpc) is 2.48. The Labute approximate surface area is 122 Å². The van der Waals surface area contributed by atoms with Crippen LogP contribution in [-0.4, -0.2) is 49.6 Å². The number of carbonyl (C=O) groups is 2. The van der Waals surface area contributed by atoms with Crippen LogP contribution in [0.2, 0.25) is 0 Å². The lowest BCUT2D eigenvalue weighted by Gasteiger charge is -2.36. The molecule has 2 rings (SSSR count). The van der Waals surface area contributed by atoms with Crippen LogP contribution in [0.5, 0.6) is 0 Å². The summed E-state index contributed by atoms with van der Waals surface area (Å²) in [4.78, 5) is 26.3. The van der Waals surface area contributed by atoms with E-state index in [4.69, 9.17) is 5.73 Å². The van der Waals surface area contributed by atoms with Crippen molar-refractivity contribution >= 4 is 17.6 Å². The van der Waals surface area contributed by atoms with Gasteiger partial charge in [-0.15, -0.1) is 0 Å². The molecule has 0 aliphatic carbocycles. The number of nitrogens with two attached hydrogens (primary N) is 1. The van der Waals surface area contributed by atoms with Gasteiger partial charge in [-0.25, -0.2) is 9.18 Å². The van der Waals surface area contributed by atoms with Crippen molar-refractivity contribution in [3.8, 4) is 0 Å². The van der Waals surface area contributed by atoms with Crippen LogP contribution in [0.3, 0.4) is 0 Å². The second kappa shape index (κ2) is 6.92. The Morgan fingerprint density at radius 3 is 2.33 bits per heavy atom. The number of nitrogens with zero attached hydrogens (tertiary/aromatic N) is 2. The van der Waals surface area contributed by atoms with Gasteiger partial charge in [-0.3, -0.25) is 4.79 Å². The summed E-state index contributed by atoms with van der Waals surface area (Å²) >= 11 is 0. The minimum absolute atomic E-state index is 0.00232. The summed E-state index contributed by atoms with van der Waals surface area (Å²) in [6, 6.07) is 5.72. The van der Waals surface area contributed by atoms with Crippen LogP contribution in [0.15, 0.2) is 24.3 Å². The number of piperazine rings is 1. The Kier molecular flexibility index (Phi) is 4.97. The van der Waals surface area contributed by atoms with Crippen LogP contribution in [0.4, 0.5) is 14.9 Å². The first-order valence-corrected chi connectivity index (χ1v) is 6.88. The fourth-order valence-electron chi connectivity index (χ4n) is 2.32. The van der Waals surface area contributed by atoms with E-state index in [0.29, 0.717) is 26.2 Å². The monoisotopic (exact) mass is 294 g/mol. The molecule has 0 radical (unpaired) electrons. The van der Waals surface area contributed by atoms with E-state index in [-0.39, 0.29) is 24.7 Å². The van der Waals surface area contributed by atoms with Crippen LogP contribution in [0.25, 0.3) is 0 Å². The minimum atomic E-state index is -0.621. The van der Waals surface area contributed by atoms with Gasteiger partial charge in [0.05, 0.1) is 0 Å². The van der Waals surface area contributed by atoms with Gasteiger partial charge < -0.3 is 20.9 Å². The van der Waals surface area contributed by atoms with E-state index in [9.17, 15) is 14.0 Å². The Morgan fingerprint density at radius 2 is 1.76 bits per heavy atom. The fourth-order valence-corrected chi connectivity index (χ4v) is 2.32. The van der Waals surface area contributed by atoms with Gasteiger partial charge in [0.25, 0.3) is 0 Å². The number of nitrogens with one attached hydrogen (secondary N) is 1. The summed E-state index contributed by atoms with van der Waals surface area (Å²) in [5.74, 6) is -0.253. The van der Waals surface area contributed by atoms with Gasteiger partial charge in [0, 0.05) is 44.8 Å². The Bertz CT molecular complexity index is 498. The van der Waals surface area contributed by atoms with Gasteiger partial charge in [0.2, 0.25) is 5.91 Å². The molecule has 1 saturated heterocycles. The Hall–Kier alpha value is -2.31. The fraction of sp³-hybridized carbons (Fsp3) is 0.429. The van der Waals surface area contributed by atoms with Gasteiger partial charge in [0.15, 0.2) is 0 Å². The third kappa shape index (κ3) is 4.34. The van der Waals surface area contributed by atoms with Gasteiger partial charge >= 0.3 is 6.03 Å². The number of amides is 3. The average molecular weight is 294 g/mol. The van der Waals surface area contributed by atoms with Crippen molar-refractivity contribution in [2.75, 3.05) is 37.6 Å². The highest BCUT2D eigenvalue weighted by molar-refractivity contribution is 5.78. The molecule has 1 aliphatic heterocycles. The first-order valence-electron chi connectivity index (χ1n) is 6.88. The normalized spacial score (nSPS) is 14.9. The molecule has 7 heteroatoms. The number of primary amides is 1. The van der Waals surface area contributed by atoms with Gasteiger partial charge in [-0.2, -0.15) is 0 Å². The number of anilines is 1. The lowest BCUT2D eigenvalue weighted by molar-refractivity contribution is -0.131. The lowest BCUT2D eigenvalue weighted by Crippen LogP contribution is -2.49. The number of halogens is 1. The van der Waals surface area contributed by atoms with Crippen molar-refractivity contribution in [3.05, 3.63) is 30.1 Å². The van der Waals surface area contributed by atoms with Crippen LogP contribution in [-0.2, 0) is 4.79 Å². The molecule has 0 atom stereocenters. The quantitative estimate of drug-likeness (QED) is 0.850. The van der Waals surface area contributed by atoms with E-state index in [2.05, 4.69) is 10.2 Å². The summed E-state index contributed by atoms with van der Waals surface area (Å²) in [7, 11) is 0. The molecule has 6 nitrogen and oxygen atoms in total. The molecule has 0 unspecified atom stereocenters. The second-order valence-corrected chi connectivity index (χ2v) is 4.89. The smallest absolute Gasteiger partial charge is 0.312 e. The van der Waals surface area contributed by atoms with Crippen molar-refractivity contribution in [1.29, 1.82) is 0 Å². The van der Waals surface area contributed by atoms with Gasteiger partial charge in [-0.05, 0) is 24.3 Å². The standard InChI is InChI=1S/C14H19FN4O2/c15-11-1-3-12(4-2-11)18-7-9-19(10-8-18)13(20)5-6-17-14(16)21/h1-4H,5-10H2,(H3,16,17,21). The lowest BCUT2D eigenvalue weighted by atomic mass is 10.2. The third-order valence-corrected chi connectivity index (χ3v) is 3.46. The largest absolute Gasteiger partial charge is 0.368 e. The molecule has 1 aromatic rings. The summed E-state index contributed by atoms with van der Waals surface area (Å²) in [5.41, 5.74) is 5.90. The van der Waals surface area contributed by atoms with Crippen molar-refractivity contribution in [2.24, 2.45) is 5.73 Å². The molecule has 114 valence electrons. The van der Waals surface area contributed by atoms with Crippen molar-refractivity contribution in [2.45, 2.75) is 6.42 Å². The van der Waals surface area contributed by atoms with Crippen molar-refractivity contribution in [1.82, 2.24) is 10.2 Å². The number of urea groups is 1. The molecule has 0 aromatic heterocycles. The molecule has 1 aromatic carbocycles. The molecular formula is C14H19FN4O2. The number of hydrogen-bond donors (Lipinski definition) is 2. The maximum atomic E-state index is 12.9. The van der Waals surface area contributed by atoms with Crippen LogP contribution in [0, 0.1) is 5.82 Å². The molecule has 0 bridgehead atoms. The zero-order chi connectivity index (χ0) is 15.2. The second-order valence-electron chi connectivity index (χ2n) is 4.89. The van der Waals surface area contributed by atoms with E-state index < -0.39 is 6.03 Å². The summed E-state index contributed by atoms with van der Waals surface area (Å²) < 4.78 is 12.9. The van der Waals surface area contributed by atoms with E-state index in [1.807, 2.05) is 0 Å². The highest BCUT2D eigenvalue weighted by Crippen LogP contribution is 2.17. The van der Waals surface area contributed by atoms with Gasteiger partial charge in [-0.1, -0.05) is 0 Å². The number of carbonyl (C=O) groups excluding carboxylic acids is 2. The summed E-state index contributed by atoms with van der Waals surface area (Å²) in [5, 5.41) is 2.40.